The lowest BCUT2D eigenvalue weighted by Gasteiger charge is -2.68. The van der Waals surface area contributed by atoms with E-state index in [2.05, 4.69) is 33.8 Å². The number of esters is 1. The van der Waals surface area contributed by atoms with Crippen LogP contribution < -0.4 is 0 Å². The molecule has 20 heteroatoms. The van der Waals surface area contributed by atoms with Gasteiger partial charge in [0.15, 0.2) is 12.6 Å². The molecule has 3 heterocycles. The summed E-state index contributed by atoms with van der Waals surface area (Å²) in [6, 6.07) is 0. The van der Waals surface area contributed by atoms with E-state index in [-0.39, 0.29) is 41.1 Å². The molecule has 8 aliphatic rings. The number of allylic oxidation sites excluding steroid dienone is 2. The number of aliphatic hydroxyl groups excluding tert-OH is 13. The van der Waals surface area contributed by atoms with Crippen molar-refractivity contribution >= 4 is 5.97 Å². The fraction of sp³-hybridized carbons (Fsp3) is 0.936. The smallest absolute Gasteiger partial charge is 0.311 e. The topological polar surface area (TPSA) is 335 Å². The summed E-state index contributed by atoms with van der Waals surface area (Å²) < 4.78 is 34.3. The fourth-order valence-electron chi connectivity index (χ4n) is 14.8. The van der Waals surface area contributed by atoms with Crippen LogP contribution >= 0.6 is 0 Å². The van der Waals surface area contributed by atoms with Gasteiger partial charge in [-0.2, -0.15) is 0 Å². The van der Waals surface area contributed by atoms with Crippen LogP contribution in [0.3, 0.4) is 0 Å². The van der Waals surface area contributed by atoms with Crippen molar-refractivity contribution in [1.29, 1.82) is 0 Å². The minimum Gasteiger partial charge on any atom is -0.432 e. The van der Waals surface area contributed by atoms with E-state index in [0.29, 0.717) is 38.5 Å². The Bertz CT molecular complexity index is 1800. The summed E-state index contributed by atoms with van der Waals surface area (Å²) >= 11 is 0. The van der Waals surface area contributed by atoms with E-state index in [1.807, 2.05) is 0 Å². The second-order valence-electron chi connectivity index (χ2n) is 23.0. The Labute approximate surface area is 390 Å². The quantitative estimate of drug-likeness (QED) is 0.0843. The minimum absolute atomic E-state index is 0.0239. The first kappa shape index (κ1) is 51.8. The molecule has 3 saturated heterocycles. The van der Waals surface area contributed by atoms with Crippen LogP contribution in [0.2, 0.25) is 0 Å². The highest BCUT2D eigenvalue weighted by atomic mass is 16.8. The number of hydrogen-bond donors (Lipinski definition) is 13. The van der Waals surface area contributed by atoms with Gasteiger partial charge in [-0.05, 0) is 91.8 Å². The first-order chi connectivity index (χ1) is 31.3. The molecule has 27 atom stereocenters. The molecular weight excluding hydrogens is 884 g/mol. The molecule has 67 heavy (non-hydrogen) atoms. The van der Waals surface area contributed by atoms with Crippen LogP contribution in [-0.4, -0.2) is 203 Å². The molecule has 7 fully saturated rings. The van der Waals surface area contributed by atoms with Crippen LogP contribution in [0.25, 0.3) is 0 Å². The number of carbonyl (C=O) groups is 1. The summed E-state index contributed by atoms with van der Waals surface area (Å²) in [7, 11) is 0. The summed E-state index contributed by atoms with van der Waals surface area (Å²) in [5.41, 5.74) is -1.10. The van der Waals surface area contributed by atoms with Gasteiger partial charge in [-0.25, -0.2) is 0 Å². The summed E-state index contributed by atoms with van der Waals surface area (Å²) in [6.45, 7) is 9.93. The number of ether oxygens (including phenoxy) is 6. The second kappa shape index (κ2) is 18.8. The maximum atomic E-state index is 14.4. The Kier molecular flexibility index (Phi) is 14.6. The van der Waals surface area contributed by atoms with E-state index in [1.54, 1.807) is 6.92 Å². The van der Waals surface area contributed by atoms with Crippen molar-refractivity contribution in [2.24, 2.45) is 57.2 Å². The summed E-state index contributed by atoms with van der Waals surface area (Å²) in [5, 5.41) is 141. The molecule has 0 spiro atoms. The normalized spacial score (nSPS) is 55.2. The Morgan fingerprint density at radius 3 is 2.03 bits per heavy atom. The van der Waals surface area contributed by atoms with Crippen molar-refractivity contribution in [1.82, 2.24) is 0 Å². The predicted molar refractivity (Wildman–Crippen MR) is 228 cm³/mol. The first-order valence-corrected chi connectivity index (χ1v) is 24.2. The van der Waals surface area contributed by atoms with Gasteiger partial charge in [0, 0.05) is 11.3 Å². The average molecular weight is 961 g/mol. The lowest BCUT2D eigenvalue weighted by atomic mass is 9.38. The van der Waals surface area contributed by atoms with Gasteiger partial charge in [0.2, 0.25) is 6.29 Å². The molecular formula is C47H76O20. The molecule has 5 aliphatic carbocycles. The number of carbonyl (C=O) groups excluding carboxylic acids is 1. The van der Waals surface area contributed by atoms with Crippen LogP contribution in [0.5, 0.6) is 0 Å². The zero-order valence-corrected chi connectivity index (χ0v) is 39.2. The molecule has 27 unspecified atom stereocenters. The van der Waals surface area contributed by atoms with E-state index in [0.717, 1.165) is 6.42 Å². The van der Waals surface area contributed by atoms with E-state index < -0.39 is 152 Å². The molecule has 0 bridgehead atoms. The van der Waals surface area contributed by atoms with E-state index in [4.69, 9.17) is 28.4 Å². The zero-order valence-electron chi connectivity index (χ0n) is 39.2. The third kappa shape index (κ3) is 8.66. The van der Waals surface area contributed by atoms with Gasteiger partial charge in [-0.3, -0.25) is 4.79 Å². The Balaban J connectivity index is 0.942. The molecule has 0 radical (unpaired) electrons. The van der Waals surface area contributed by atoms with Crippen molar-refractivity contribution in [2.45, 2.75) is 197 Å². The van der Waals surface area contributed by atoms with Crippen LogP contribution in [-0.2, 0) is 33.2 Å². The van der Waals surface area contributed by atoms with Crippen molar-refractivity contribution < 1.29 is 99.6 Å². The van der Waals surface area contributed by atoms with Gasteiger partial charge < -0.3 is 94.8 Å². The molecule has 0 aromatic heterocycles. The first-order valence-electron chi connectivity index (χ1n) is 24.2. The van der Waals surface area contributed by atoms with Crippen molar-refractivity contribution in [2.75, 3.05) is 19.8 Å². The maximum absolute atomic E-state index is 14.4. The highest BCUT2D eigenvalue weighted by Gasteiger charge is 2.68. The molecule has 8 rings (SSSR count). The SMILES string of the molecule is CC1OC(OC2C(CO)OC(OCC3OC(OC(=O)C4CC(C)(C)CC5C6=CCC7C(CC(O)C8C(C)(CO)C(O)C(O)CC78C)C6(C)CCC45)C(O)C(O)C3O)C(O)C2O)C(O)C(O)C1O. The Hall–Kier alpha value is -1.51. The fourth-order valence-corrected chi connectivity index (χ4v) is 14.8. The van der Waals surface area contributed by atoms with Crippen LogP contribution in [0.15, 0.2) is 11.6 Å². The highest BCUT2D eigenvalue weighted by molar-refractivity contribution is 5.73. The van der Waals surface area contributed by atoms with Crippen molar-refractivity contribution in [3.05, 3.63) is 11.6 Å². The minimum atomic E-state index is -1.87. The predicted octanol–water partition coefficient (Wildman–Crippen LogP) is -2.45. The van der Waals surface area contributed by atoms with Crippen molar-refractivity contribution in [3.63, 3.8) is 0 Å². The lowest BCUT2D eigenvalue weighted by molar-refractivity contribution is -0.361. The molecule has 4 saturated carbocycles. The van der Waals surface area contributed by atoms with Crippen molar-refractivity contribution in [3.8, 4) is 0 Å². The Morgan fingerprint density at radius 2 is 1.36 bits per heavy atom. The monoisotopic (exact) mass is 960 g/mol. The van der Waals surface area contributed by atoms with Crippen LogP contribution in [0.4, 0.5) is 0 Å². The Morgan fingerprint density at radius 1 is 0.716 bits per heavy atom. The van der Waals surface area contributed by atoms with Crippen LogP contribution in [0, 0.1) is 57.2 Å². The number of hydrogen-bond acceptors (Lipinski definition) is 20. The highest BCUT2D eigenvalue weighted by Crippen LogP contribution is 2.70. The van der Waals surface area contributed by atoms with E-state index in [1.165, 1.54) is 12.5 Å². The standard InChI is InChI=1S/C47H76O20/c1-18-29(52)31(54)34(57)42(63-18)66-37-27(15-48)64-41(36(59)33(37)56)62-16-28-30(53)32(55)35(58)43(65-28)67-40(61)21-13-44(2,3)12-20-19(21)9-10-45(4)22(20)7-8-23-24(45)11-25(50)38-46(23,5)14-26(51)39(60)47(38,6)17-49/h7,18-21,23-39,41-43,48-60H,8-17H2,1-6H3. The average Bonchev–Trinajstić information content (AvgIpc) is 3.27. The largest absolute Gasteiger partial charge is 0.432 e. The second-order valence-corrected chi connectivity index (χ2v) is 23.0. The molecule has 0 aromatic rings. The van der Waals surface area contributed by atoms with Gasteiger partial charge >= 0.3 is 5.97 Å². The molecule has 0 amide bonds. The third-order valence-electron chi connectivity index (χ3n) is 18.3. The molecule has 0 aromatic carbocycles. The lowest BCUT2D eigenvalue weighted by Crippen LogP contribution is -2.68. The number of rotatable bonds is 9. The number of fused-ring (bicyclic) bond motifs is 7. The summed E-state index contributed by atoms with van der Waals surface area (Å²) in [5.74, 6) is -1.79. The maximum Gasteiger partial charge on any atom is 0.311 e. The van der Waals surface area contributed by atoms with Gasteiger partial charge in [-0.15, -0.1) is 0 Å². The van der Waals surface area contributed by atoms with Gasteiger partial charge in [0.1, 0.15) is 67.1 Å². The summed E-state index contributed by atoms with van der Waals surface area (Å²) in [4.78, 5) is 14.4. The van der Waals surface area contributed by atoms with Gasteiger partial charge in [-0.1, -0.05) is 46.3 Å². The zero-order chi connectivity index (χ0) is 49.0. The molecule has 3 aliphatic heterocycles. The van der Waals surface area contributed by atoms with E-state index >= 15 is 0 Å². The molecule has 20 nitrogen and oxygen atoms in total. The molecule has 384 valence electrons. The number of aliphatic hydroxyl groups is 13. The van der Waals surface area contributed by atoms with Gasteiger partial charge in [0.05, 0.1) is 50.2 Å². The van der Waals surface area contributed by atoms with Gasteiger partial charge in [0.25, 0.3) is 0 Å². The van der Waals surface area contributed by atoms with Crippen LogP contribution in [0.1, 0.15) is 86.5 Å². The van der Waals surface area contributed by atoms with E-state index in [9.17, 15) is 71.2 Å². The molecule has 13 N–H and O–H groups in total. The summed E-state index contributed by atoms with van der Waals surface area (Å²) in [6.07, 6.45) is -21.1. The third-order valence-corrected chi connectivity index (χ3v) is 18.3.